The molecule has 2 aliphatic carbocycles. The SMILES string of the molecule is C[C@@H]1c2c([nH]c3ccc(C(F)(F)F)cc23)C[C@@H]2CCN(Cc3ccccc3)C[C@H]21.C[C@@H]1c2c([nH]c3ccc(C(F)(F)F)cc23)C[C@@H]2CCNC[C@H]21. The summed E-state index contributed by atoms with van der Waals surface area (Å²) in [6, 6.07) is 18.7. The van der Waals surface area contributed by atoms with Gasteiger partial charge in [0.15, 0.2) is 0 Å². The number of likely N-dealkylation sites (tertiary alicyclic amines) is 1. The minimum Gasteiger partial charge on any atom is -0.358 e. The third-order valence-electron chi connectivity index (χ3n) is 12.4. The monoisotopic (exact) mass is 706 g/mol. The topological polar surface area (TPSA) is 46.9 Å². The minimum absolute atomic E-state index is 0.250. The highest BCUT2D eigenvalue weighted by molar-refractivity contribution is 5.87. The van der Waals surface area contributed by atoms with E-state index in [0.717, 1.165) is 103 Å². The van der Waals surface area contributed by atoms with E-state index in [9.17, 15) is 26.3 Å². The van der Waals surface area contributed by atoms with Crippen LogP contribution in [0.15, 0.2) is 66.7 Å². The molecule has 9 rings (SSSR count). The van der Waals surface area contributed by atoms with Crippen LogP contribution in [0.1, 0.15) is 77.7 Å². The fourth-order valence-electron chi connectivity index (χ4n) is 9.89. The molecule has 2 aromatic heterocycles. The molecule has 0 spiro atoms. The van der Waals surface area contributed by atoms with E-state index in [1.165, 1.54) is 29.8 Å². The quantitative estimate of drug-likeness (QED) is 0.160. The molecule has 10 heteroatoms. The summed E-state index contributed by atoms with van der Waals surface area (Å²) >= 11 is 0. The van der Waals surface area contributed by atoms with E-state index >= 15 is 0 Å². The summed E-state index contributed by atoms with van der Waals surface area (Å²) in [5.41, 5.74) is 6.35. The predicted octanol–water partition coefficient (Wildman–Crippen LogP) is 10.1. The van der Waals surface area contributed by atoms with Gasteiger partial charge in [-0.15, -0.1) is 0 Å². The van der Waals surface area contributed by atoms with E-state index < -0.39 is 23.5 Å². The molecule has 0 saturated carbocycles. The Balaban J connectivity index is 0.000000152. The zero-order valence-corrected chi connectivity index (χ0v) is 28.9. The molecule has 0 unspecified atom stereocenters. The number of piperidine rings is 2. The molecule has 0 bridgehead atoms. The van der Waals surface area contributed by atoms with Crippen molar-refractivity contribution in [3.8, 4) is 0 Å². The summed E-state index contributed by atoms with van der Waals surface area (Å²) in [6.45, 7) is 9.40. The van der Waals surface area contributed by atoms with Gasteiger partial charge in [-0.3, -0.25) is 4.90 Å². The van der Waals surface area contributed by atoms with Crippen LogP contribution in [0, 0.1) is 23.7 Å². The Morgan fingerprint density at radius 1 is 0.686 bits per heavy atom. The largest absolute Gasteiger partial charge is 0.416 e. The first-order chi connectivity index (χ1) is 24.3. The summed E-state index contributed by atoms with van der Waals surface area (Å²) in [6.07, 6.45) is -4.40. The number of aromatic nitrogens is 2. The van der Waals surface area contributed by atoms with Crippen LogP contribution in [0.3, 0.4) is 0 Å². The zero-order chi connectivity index (χ0) is 35.7. The molecule has 6 atom stereocenters. The molecule has 3 aromatic carbocycles. The molecule has 5 aromatic rings. The molecule has 2 saturated heterocycles. The van der Waals surface area contributed by atoms with E-state index in [4.69, 9.17) is 0 Å². The van der Waals surface area contributed by atoms with E-state index in [1.54, 1.807) is 12.1 Å². The average Bonchev–Trinajstić information content (AvgIpc) is 3.66. The number of nitrogens with one attached hydrogen (secondary N) is 3. The number of halogens is 6. The van der Waals surface area contributed by atoms with E-state index in [2.05, 4.69) is 58.3 Å². The van der Waals surface area contributed by atoms with Gasteiger partial charge in [-0.25, -0.2) is 0 Å². The number of hydrogen-bond acceptors (Lipinski definition) is 2. The van der Waals surface area contributed by atoms with Crippen LogP contribution in [0.5, 0.6) is 0 Å². The van der Waals surface area contributed by atoms with E-state index in [0.29, 0.717) is 29.6 Å². The minimum atomic E-state index is -4.31. The predicted molar refractivity (Wildman–Crippen MR) is 189 cm³/mol. The maximum Gasteiger partial charge on any atom is 0.416 e. The van der Waals surface area contributed by atoms with Gasteiger partial charge in [-0.05, 0) is 134 Å². The number of benzene rings is 3. The van der Waals surface area contributed by atoms with Gasteiger partial charge < -0.3 is 15.3 Å². The molecule has 2 fully saturated rings. The second kappa shape index (κ2) is 13.0. The van der Waals surface area contributed by atoms with Crippen molar-refractivity contribution in [2.75, 3.05) is 26.2 Å². The number of rotatable bonds is 2. The van der Waals surface area contributed by atoms with E-state index in [-0.39, 0.29) is 5.92 Å². The second-order valence-corrected chi connectivity index (χ2v) is 15.4. The molecule has 3 N–H and O–H groups in total. The van der Waals surface area contributed by atoms with Crippen molar-refractivity contribution in [3.63, 3.8) is 0 Å². The third-order valence-corrected chi connectivity index (χ3v) is 12.4. The Morgan fingerprint density at radius 2 is 1.24 bits per heavy atom. The highest BCUT2D eigenvalue weighted by Crippen LogP contribution is 2.48. The number of H-pyrrole nitrogens is 2. The van der Waals surface area contributed by atoms with Crippen LogP contribution in [0.2, 0.25) is 0 Å². The standard InChI is InChI=1S/C24H25F3N2.C17H19F3N2/c1-15-20-14-29(13-16-5-3-2-4-6-16)10-9-17(20)11-22-23(15)19-12-18(24(25,26)27)7-8-21(19)28-22;1-9-13-8-21-5-4-10(13)6-15-16(9)12-7-11(17(18,19)20)2-3-14(12)22-15/h2-8,12,15,17,20,28H,9-11,13-14H2,1H3;2-3,7,9-10,13,21-22H,4-6,8H2,1H3/t15-,17-,20-;9-,10-,13-/m00/s1. The van der Waals surface area contributed by atoms with Crippen LogP contribution in [0.4, 0.5) is 26.3 Å². The fourth-order valence-corrected chi connectivity index (χ4v) is 9.89. The lowest BCUT2D eigenvalue weighted by Crippen LogP contribution is -2.44. The number of hydrogen-bond donors (Lipinski definition) is 3. The van der Waals surface area contributed by atoms with Crippen molar-refractivity contribution < 1.29 is 26.3 Å². The molecule has 4 heterocycles. The summed E-state index contributed by atoms with van der Waals surface area (Å²) in [4.78, 5) is 9.31. The van der Waals surface area contributed by atoms with Crippen molar-refractivity contribution in [3.05, 3.63) is 106 Å². The number of nitrogens with zero attached hydrogens (tertiary/aromatic N) is 1. The smallest absolute Gasteiger partial charge is 0.358 e. The first kappa shape index (κ1) is 34.3. The van der Waals surface area contributed by atoms with Crippen molar-refractivity contribution in [1.82, 2.24) is 20.2 Å². The van der Waals surface area contributed by atoms with Gasteiger partial charge in [0.1, 0.15) is 0 Å². The van der Waals surface area contributed by atoms with E-state index in [1.807, 2.05) is 6.07 Å². The van der Waals surface area contributed by atoms with Gasteiger partial charge in [0.25, 0.3) is 0 Å². The van der Waals surface area contributed by atoms with Gasteiger partial charge in [0.2, 0.25) is 0 Å². The normalized spacial score (nSPS) is 26.5. The lowest BCUT2D eigenvalue weighted by molar-refractivity contribution is -0.138. The van der Waals surface area contributed by atoms with Crippen LogP contribution >= 0.6 is 0 Å². The Kier molecular flexibility index (Phi) is 8.77. The van der Waals surface area contributed by atoms with Crippen molar-refractivity contribution in [2.24, 2.45) is 23.7 Å². The third kappa shape index (κ3) is 6.47. The van der Waals surface area contributed by atoms with Gasteiger partial charge in [0.05, 0.1) is 11.1 Å². The second-order valence-electron chi connectivity index (χ2n) is 15.4. The van der Waals surface area contributed by atoms with Crippen LogP contribution in [-0.2, 0) is 31.7 Å². The Bertz CT molecular complexity index is 2030. The number of alkyl halides is 6. The van der Waals surface area contributed by atoms with Crippen LogP contribution < -0.4 is 5.32 Å². The molecule has 51 heavy (non-hydrogen) atoms. The first-order valence-electron chi connectivity index (χ1n) is 18.3. The van der Waals surface area contributed by atoms with Crippen molar-refractivity contribution in [1.29, 1.82) is 0 Å². The molecule has 4 aliphatic rings. The average molecular weight is 707 g/mol. The van der Waals surface area contributed by atoms with Gasteiger partial charge in [0, 0.05) is 46.3 Å². The molecule has 0 radical (unpaired) electrons. The molecular formula is C41H44F6N4. The van der Waals surface area contributed by atoms with Gasteiger partial charge >= 0.3 is 12.4 Å². The Labute approximate surface area is 294 Å². The highest BCUT2D eigenvalue weighted by atomic mass is 19.4. The summed E-state index contributed by atoms with van der Waals surface area (Å²) < 4.78 is 78.8. The van der Waals surface area contributed by atoms with Gasteiger partial charge in [-0.1, -0.05) is 44.2 Å². The lowest BCUT2D eigenvalue weighted by Gasteiger charge is -2.44. The summed E-state index contributed by atoms with van der Waals surface area (Å²) in [5, 5.41) is 4.93. The fraction of sp³-hybridized carbons (Fsp3) is 0.463. The molecule has 2 aliphatic heterocycles. The highest BCUT2D eigenvalue weighted by Gasteiger charge is 2.41. The molecular weight excluding hydrogens is 662 g/mol. The maximum absolute atomic E-state index is 13.3. The summed E-state index contributed by atoms with van der Waals surface area (Å²) in [5.74, 6) is 2.78. The molecule has 4 nitrogen and oxygen atoms in total. The lowest BCUT2D eigenvalue weighted by atomic mass is 9.68. The number of aromatic amines is 2. The Hall–Kier alpha value is -3.76. The Morgan fingerprint density at radius 3 is 1.80 bits per heavy atom. The molecule has 270 valence electrons. The van der Waals surface area contributed by atoms with Crippen LogP contribution in [-0.4, -0.2) is 41.0 Å². The van der Waals surface area contributed by atoms with Gasteiger partial charge in [-0.2, -0.15) is 26.3 Å². The maximum atomic E-state index is 13.3. The van der Waals surface area contributed by atoms with Crippen LogP contribution in [0.25, 0.3) is 21.8 Å². The zero-order valence-electron chi connectivity index (χ0n) is 28.9. The van der Waals surface area contributed by atoms with Crippen molar-refractivity contribution >= 4 is 21.8 Å². The molecule has 0 amide bonds. The first-order valence-corrected chi connectivity index (χ1v) is 18.3. The summed E-state index contributed by atoms with van der Waals surface area (Å²) in [7, 11) is 0. The number of fused-ring (bicyclic) bond motifs is 8. The van der Waals surface area contributed by atoms with Crippen molar-refractivity contribution in [2.45, 2.75) is 70.3 Å².